The first-order valence-electron chi connectivity index (χ1n) is 9.29. The van der Waals surface area contributed by atoms with E-state index in [0.29, 0.717) is 6.54 Å². The highest BCUT2D eigenvalue weighted by Crippen LogP contribution is 2.39. The van der Waals surface area contributed by atoms with Crippen molar-refractivity contribution in [3.8, 4) is 5.75 Å². The Morgan fingerprint density at radius 3 is 2.92 bits per heavy atom. The van der Waals surface area contributed by atoms with E-state index in [-0.39, 0.29) is 11.6 Å². The average Bonchev–Trinajstić information content (AvgIpc) is 2.99. The first kappa shape index (κ1) is 18.3. The quantitative estimate of drug-likeness (QED) is 0.639. The number of nitrogens with one attached hydrogen (secondary N) is 2. The van der Waals surface area contributed by atoms with Crippen LogP contribution in [0, 0.1) is 6.92 Å². The van der Waals surface area contributed by atoms with Crippen LogP contribution in [0.2, 0.25) is 0 Å². The van der Waals surface area contributed by atoms with Crippen LogP contribution in [-0.4, -0.2) is 34.4 Å². The first-order valence-corrected chi connectivity index (χ1v) is 9.29. The highest BCUT2D eigenvalue weighted by atomic mass is 16.5. The number of hydrogen-bond acceptors (Lipinski definition) is 3. The van der Waals surface area contributed by atoms with E-state index in [1.165, 1.54) is 11.1 Å². The largest absolute Gasteiger partial charge is 0.487 e. The van der Waals surface area contributed by atoms with Crippen molar-refractivity contribution < 1.29 is 4.74 Å². The second-order valence-electron chi connectivity index (χ2n) is 7.34. The molecule has 0 fully saturated rings. The Labute approximate surface area is 155 Å². The molecule has 2 N–H and O–H groups in total. The van der Waals surface area contributed by atoms with Gasteiger partial charge in [-0.25, -0.2) is 0 Å². The molecule has 0 spiro atoms. The molecule has 0 amide bonds. The first-order chi connectivity index (χ1) is 12.5. The van der Waals surface area contributed by atoms with Gasteiger partial charge >= 0.3 is 0 Å². The number of benzene rings is 1. The van der Waals surface area contributed by atoms with Gasteiger partial charge in [0.1, 0.15) is 11.4 Å². The monoisotopic (exact) mass is 355 g/mol. The molecule has 2 heterocycles. The van der Waals surface area contributed by atoms with E-state index in [4.69, 9.17) is 9.73 Å². The average molecular weight is 355 g/mol. The fourth-order valence-electron chi connectivity index (χ4n) is 3.27. The van der Waals surface area contributed by atoms with E-state index >= 15 is 0 Å². The Bertz CT molecular complexity index is 765. The highest BCUT2D eigenvalue weighted by molar-refractivity contribution is 5.80. The van der Waals surface area contributed by atoms with Crippen LogP contribution in [-0.2, 0) is 6.54 Å². The Hall–Kier alpha value is -2.50. The third kappa shape index (κ3) is 4.56. The van der Waals surface area contributed by atoms with E-state index in [0.717, 1.165) is 31.2 Å². The lowest BCUT2D eigenvalue weighted by Crippen LogP contribution is -2.45. The number of aliphatic imine (C=N–C) groups is 1. The number of para-hydroxylation sites is 1. The van der Waals surface area contributed by atoms with Crippen molar-refractivity contribution in [3.63, 3.8) is 0 Å². The smallest absolute Gasteiger partial charge is 0.191 e. The van der Waals surface area contributed by atoms with Gasteiger partial charge in [-0.2, -0.15) is 5.10 Å². The summed E-state index contributed by atoms with van der Waals surface area (Å²) < 4.78 is 8.05. The van der Waals surface area contributed by atoms with Crippen molar-refractivity contribution in [2.24, 2.45) is 4.99 Å². The van der Waals surface area contributed by atoms with E-state index < -0.39 is 0 Å². The van der Waals surface area contributed by atoms with Crippen LogP contribution >= 0.6 is 0 Å². The maximum absolute atomic E-state index is 6.12. The second-order valence-corrected chi connectivity index (χ2v) is 7.34. The van der Waals surface area contributed by atoms with Crippen molar-refractivity contribution >= 4 is 5.96 Å². The van der Waals surface area contributed by atoms with Crippen LogP contribution < -0.4 is 15.4 Å². The zero-order chi connectivity index (χ0) is 18.6. The van der Waals surface area contributed by atoms with Crippen LogP contribution in [0.4, 0.5) is 0 Å². The lowest BCUT2D eigenvalue weighted by molar-refractivity contribution is 0.0694. The van der Waals surface area contributed by atoms with E-state index in [9.17, 15) is 0 Å². The van der Waals surface area contributed by atoms with Gasteiger partial charge < -0.3 is 15.4 Å². The molecule has 1 aliphatic heterocycles. The van der Waals surface area contributed by atoms with E-state index in [1.807, 2.05) is 36.1 Å². The van der Waals surface area contributed by atoms with Crippen LogP contribution in [0.1, 0.15) is 44.4 Å². The number of nitrogens with zero attached hydrogens (tertiary/aromatic N) is 3. The van der Waals surface area contributed by atoms with Crippen molar-refractivity contribution in [3.05, 3.63) is 47.8 Å². The third-order valence-corrected chi connectivity index (χ3v) is 4.39. The fourth-order valence-corrected chi connectivity index (χ4v) is 3.27. The van der Waals surface area contributed by atoms with Crippen molar-refractivity contribution in [2.75, 3.05) is 13.1 Å². The summed E-state index contributed by atoms with van der Waals surface area (Å²) in [4.78, 5) is 4.73. The molecule has 0 saturated carbocycles. The molecule has 6 nitrogen and oxygen atoms in total. The van der Waals surface area contributed by atoms with Crippen LogP contribution in [0.3, 0.4) is 0 Å². The molecule has 2 aromatic rings. The van der Waals surface area contributed by atoms with Gasteiger partial charge in [-0.3, -0.25) is 9.67 Å². The molecule has 6 heteroatoms. The second kappa shape index (κ2) is 7.81. The molecule has 26 heavy (non-hydrogen) atoms. The summed E-state index contributed by atoms with van der Waals surface area (Å²) in [6, 6.07) is 8.40. The van der Waals surface area contributed by atoms with Gasteiger partial charge in [0.2, 0.25) is 0 Å². The van der Waals surface area contributed by atoms with Gasteiger partial charge in [-0.1, -0.05) is 18.2 Å². The summed E-state index contributed by atoms with van der Waals surface area (Å²) in [6.45, 7) is 10.6. The van der Waals surface area contributed by atoms with E-state index in [2.05, 4.69) is 48.6 Å². The Morgan fingerprint density at radius 1 is 1.38 bits per heavy atom. The molecular weight excluding hydrogens is 326 g/mol. The van der Waals surface area contributed by atoms with Gasteiger partial charge in [0.25, 0.3) is 0 Å². The van der Waals surface area contributed by atoms with Crippen molar-refractivity contribution in [2.45, 2.75) is 52.3 Å². The zero-order valence-electron chi connectivity index (χ0n) is 16.1. The van der Waals surface area contributed by atoms with Gasteiger partial charge in [0.15, 0.2) is 5.96 Å². The molecule has 3 rings (SSSR count). The number of fused-ring (bicyclic) bond motifs is 1. The topological polar surface area (TPSA) is 63.5 Å². The maximum Gasteiger partial charge on any atom is 0.191 e. The summed E-state index contributed by atoms with van der Waals surface area (Å²) in [5.74, 6) is 1.78. The van der Waals surface area contributed by atoms with Gasteiger partial charge in [-0.15, -0.1) is 0 Å². The lowest BCUT2D eigenvalue weighted by atomic mass is 9.90. The third-order valence-electron chi connectivity index (χ3n) is 4.39. The highest BCUT2D eigenvalue weighted by Gasteiger charge is 2.33. The molecule has 1 atom stereocenters. The number of guanidine groups is 1. The Kier molecular flexibility index (Phi) is 5.49. The summed E-state index contributed by atoms with van der Waals surface area (Å²) in [6.07, 6.45) is 4.79. The molecule has 0 radical (unpaired) electrons. The summed E-state index contributed by atoms with van der Waals surface area (Å²) in [5, 5.41) is 11.3. The summed E-state index contributed by atoms with van der Waals surface area (Å²) >= 11 is 0. The summed E-state index contributed by atoms with van der Waals surface area (Å²) in [5.41, 5.74) is 2.14. The SMILES string of the molecule is CCNC(=NCCn1cc(C)cn1)NC1CC(C)(C)Oc2ccccc21. The minimum Gasteiger partial charge on any atom is -0.487 e. The standard InChI is InChI=1S/C20H29N5O/c1-5-21-19(22-10-11-25-14-15(2)13-23-25)24-17-12-20(3,4)26-18-9-7-6-8-16(17)18/h6-9,13-14,17H,5,10-12H2,1-4H3,(H2,21,22,24). The molecule has 1 aliphatic rings. The number of hydrogen-bond donors (Lipinski definition) is 2. The molecule has 1 aromatic carbocycles. The van der Waals surface area contributed by atoms with Gasteiger partial charge in [-0.05, 0) is 39.3 Å². The number of ether oxygens (including phenoxy) is 1. The molecular formula is C20H29N5O. The van der Waals surface area contributed by atoms with Crippen LogP contribution in [0.15, 0.2) is 41.7 Å². The maximum atomic E-state index is 6.12. The minimum atomic E-state index is -0.212. The fraction of sp³-hybridized carbons (Fsp3) is 0.500. The number of aryl methyl sites for hydroxylation is 1. The molecule has 1 aromatic heterocycles. The molecule has 0 saturated heterocycles. The predicted octanol–water partition coefficient (Wildman–Crippen LogP) is 3.05. The zero-order valence-corrected chi connectivity index (χ0v) is 16.1. The van der Waals surface area contributed by atoms with Crippen LogP contribution in [0.5, 0.6) is 5.75 Å². The van der Waals surface area contributed by atoms with Crippen molar-refractivity contribution in [1.82, 2.24) is 20.4 Å². The van der Waals surface area contributed by atoms with Gasteiger partial charge in [0.05, 0.1) is 25.3 Å². The lowest BCUT2D eigenvalue weighted by Gasteiger charge is -2.38. The molecule has 1 unspecified atom stereocenters. The van der Waals surface area contributed by atoms with Gasteiger partial charge in [0, 0.05) is 24.7 Å². The minimum absolute atomic E-state index is 0.166. The normalized spacial score (nSPS) is 18.8. The van der Waals surface area contributed by atoms with Crippen molar-refractivity contribution in [1.29, 1.82) is 0 Å². The molecule has 0 bridgehead atoms. The number of aromatic nitrogens is 2. The predicted molar refractivity (Wildman–Crippen MR) is 105 cm³/mol. The Balaban J connectivity index is 1.71. The molecule has 140 valence electrons. The van der Waals surface area contributed by atoms with E-state index in [1.54, 1.807) is 0 Å². The summed E-state index contributed by atoms with van der Waals surface area (Å²) in [7, 11) is 0. The molecule has 0 aliphatic carbocycles. The number of rotatable bonds is 5. The Morgan fingerprint density at radius 2 is 2.19 bits per heavy atom. The van der Waals surface area contributed by atoms with Crippen LogP contribution in [0.25, 0.3) is 0 Å².